The van der Waals surface area contributed by atoms with Crippen LogP contribution in [0.4, 0.5) is 14.6 Å². The number of nitrogens with one attached hydrogen (secondary N) is 2. The number of fused-ring (bicyclic) bond motifs is 1. The summed E-state index contributed by atoms with van der Waals surface area (Å²) in [4.78, 5) is 30.9. The summed E-state index contributed by atoms with van der Waals surface area (Å²) in [5.74, 6) is -1.85. The van der Waals surface area contributed by atoms with Gasteiger partial charge in [0.2, 0.25) is 0 Å². The molecule has 38 heavy (non-hydrogen) atoms. The van der Waals surface area contributed by atoms with Crippen LogP contribution < -0.4 is 10.6 Å². The number of amides is 1. The van der Waals surface area contributed by atoms with Crippen LogP contribution in [0.25, 0.3) is 0 Å². The van der Waals surface area contributed by atoms with E-state index in [9.17, 15) is 23.5 Å². The molecule has 3 rings (SSSR count). The summed E-state index contributed by atoms with van der Waals surface area (Å²) in [7, 11) is 1.42. The molecular formula is C27H35ClF2N4O4. The summed E-state index contributed by atoms with van der Waals surface area (Å²) >= 11 is 5.86. The van der Waals surface area contributed by atoms with Crippen LogP contribution in [0.2, 0.25) is 5.02 Å². The lowest BCUT2D eigenvalue weighted by Crippen LogP contribution is -2.44. The molecule has 0 aliphatic carbocycles. The number of methoxy groups -OCH3 is 1. The van der Waals surface area contributed by atoms with E-state index >= 15 is 0 Å². The molecular weight excluding hydrogens is 518 g/mol. The van der Waals surface area contributed by atoms with Crippen molar-refractivity contribution in [1.29, 1.82) is 0 Å². The molecule has 0 saturated carbocycles. The molecule has 2 aromatic rings. The third-order valence-corrected chi connectivity index (χ3v) is 6.83. The molecule has 0 bridgehead atoms. The smallest absolute Gasteiger partial charge is 0.326 e. The van der Waals surface area contributed by atoms with Crippen molar-refractivity contribution in [2.24, 2.45) is 0 Å². The number of aliphatic carboxylic acids is 1. The number of anilines is 1. The summed E-state index contributed by atoms with van der Waals surface area (Å²) in [6.45, 7) is 1.71. The molecule has 1 aromatic carbocycles. The predicted octanol–water partition coefficient (Wildman–Crippen LogP) is 4.11. The highest BCUT2D eigenvalue weighted by Gasteiger charge is 2.24. The first kappa shape index (κ1) is 29.7. The molecule has 1 aliphatic heterocycles. The van der Waals surface area contributed by atoms with Gasteiger partial charge in [-0.05, 0) is 68.8 Å². The minimum absolute atomic E-state index is 0.0335. The van der Waals surface area contributed by atoms with Crippen LogP contribution in [0.5, 0.6) is 0 Å². The van der Waals surface area contributed by atoms with Gasteiger partial charge in [-0.2, -0.15) is 0 Å². The minimum Gasteiger partial charge on any atom is -0.480 e. The van der Waals surface area contributed by atoms with E-state index < -0.39 is 29.9 Å². The van der Waals surface area contributed by atoms with Crippen LogP contribution in [0, 0.1) is 5.82 Å². The lowest BCUT2D eigenvalue weighted by atomic mass is 10.1. The standard InChI is InChI=1S/C27H35ClF2N4O4/c1-38-17-19(29)16-34(14-3-2-7-20-11-10-18-6-5-13-31-25(18)32-20)15-12-23(27(36)37)33-26(35)21-8-4-9-22(30)24(21)28/h4,8-11,19,23H,2-3,5-7,12-17H2,1H3,(H,31,32)(H,33,35)(H,36,37). The Morgan fingerprint density at radius 3 is 2.84 bits per heavy atom. The molecule has 2 heterocycles. The highest BCUT2D eigenvalue weighted by Crippen LogP contribution is 2.21. The van der Waals surface area contributed by atoms with E-state index in [4.69, 9.17) is 21.3 Å². The second-order valence-electron chi connectivity index (χ2n) is 9.41. The van der Waals surface area contributed by atoms with Gasteiger partial charge in [0, 0.05) is 32.4 Å². The number of ether oxygens (including phenoxy) is 1. The summed E-state index contributed by atoms with van der Waals surface area (Å²) in [5, 5.41) is 15.0. The normalized spacial score (nSPS) is 14.4. The van der Waals surface area contributed by atoms with E-state index in [0.29, 0.717) is 6.54 Å². The number of carbonyl (C=O) groups is 2. The van der Waals surface area contributed by atoms with Gasteiger partial charge in [-0.3, -0.25) is 4.79 Å². The zero-order valence-corrected chi connectivity index (χ0v) is 22.3. The zero-order chi connectivity index (χ0) is 27.5. The lowest BCUT2D eigenvalue weighted by Gasteiger charge is -2.26. The fourth-order valence-corrected chi connectivity index (χ4v) is 4.65. The summed E-state index contributed by atoms with van der Waals surface area (Å²) in [6.07, 6.45) is 3.30. The lowest BCUT2D eigenvalue weighted by molar-refractivity contribution is -0.139. The van der Waals surface area contributed by atoms with Crippen molar-refractivity contribution >= 4 is 29.3 Å². The van der Waals surface area contributed by atoms with E-state index in [1.54, 1.807) is 0 Å². The first-order chi connectivity index (χ1) is 18.3. The summed E-state index contributed by atoms with van der Waals surface area (Å²) in [6, 6.07) is 6.66. The number of alkyl halides is 1. The van der Waals surface area contributed by atoms with Crippen LogP contribution in [-0.4, -0.2) is 79.0 Å². The van der Waals surface area contributed by atoms with Crippen LogP contribution in [-0.2, 0) is 22.4 Å². The monoisotopic (exact) mass is 552 g/mol. The van der Waals surface area contributed by atoms with Gasteiger partial charge in [0.25, 0.3) is 5.91 Å². The van der Waals surface area contributed by atoms with Gasteiger partial charge in [0.05, 0.1) is 17.2 Å². The minimum atomic E-state index is -1.25. The van der Waals surface area contributed by atoms with Crippen LogP contribution in [0.1, 0.15) is 47.3 Å². The molecule has 8 nitrogen and oxygen atoms in total. The van der Waals surface area contributed by atoms with Crippen molar-refractivity contribution in [3.05, 3.63) is 58.0 Å². The second kappa shape index (κ2) is 14.9. The Hall–Kier alpha value is -2.82. The molecule has 0 spiro atoms. The number of rotatable bonds is 15. The van der Waals surface area contributed by atoms with Crippen LogP contribution in [0.15, 0.2) is 30.3 Å². The summed E-state index contributed by atoms with van der Waals surface area (Å²) in [5.41, 5.74) is 2.08. The van der Waals surface area contributed by atoms with Gasteiger partial charge in [0.1, 0.15) is 23.8 Å². The second-order valence-corrected chi connectivity index (χ2v) is 9.78. The van der Waals surface area contributed by atoms with Crippen molar-refractivity contribution in [2.45, 2.75) is 50.7 Å². The van der Waals surface area contributed by atoms with Gasteiger partial charge >= 0.3 is 5.97 Å². The van der Waals surface area contributed by atoms with Crippen molar-refractivity contribution in [3.8, 4) is 0 Å². The molecule has 11 heteroatoms. The van der Waals surface area contributed by atoms with Gasteiger partial charge in [-0.25, -0.2) is 18.6 Å². The number of hydrogen-bond acceptors (Lipinski definition) is 6. The van der Waals surface area contributed by atoms with Crippen molar-refractivity contribution in [1.82, 2.24) is 15.2 Å². The Labute approximate surface area is 226 Å². The Morgan fingerprint density at radius 1 is 1.26 bits per heavy atom. The molecule has 208 valence electrons. The third kappa shape index (κ3) is 8.89. The van der Waals surface area contributed by atoms with E-state index in [1.807, 2.05) is 11.0 Å². The number of carbonyl (C=O) groups excluding carboxylic acids is 1. The Balaban J connectivity index is 1.54. The average molecular weight is 553 g/mol. The molecule has 0 saturated heterocycles. The number of aryl methyl sites for hydroxylation is 2. The SMILES string of the molecule is COCC(F)CN(CCCCc1ccc2c(n1)NCCC2)CCC(NC(=O)c1cccc(F)c1Cl)C(=O)O. The highest BCUT2D eigenvalue weighted by molar-refractivity contribution is 6.34. The molecule has 1 aliphatic rings. The fraction of sp³-hybridized carbons (Fsp3) is 0.519. The van der Waals surface area contributed by atoms with E-state index in [-0.39, 0.29) is 36.7 Å². The molecule has 2 unspecified atom stereocenters. The molecule has 0 radical (unpaired) electrons. The molecule has 2 atom stereocenters. The van der Waals surface area contributed by atoms with Crippen molar-refractivity contribution in [3.63, 3.8) is 0 Å². The number of carboxylic acids is 1. The van der Waals surface area contributed by atoms with Gasteiger partial charge in [0.15, 0.2) is 0 Å². The number of unbranched alkanes of at least 4 members (excludes halogenated alkanes) is 1. The van der Waals surface area contributed by atoms with Gasteiger partial charge < -0.3 is 25.4 Å². The van der Waals surface area contributed by atoms with E-state index in [2.05, 4.69) is 16.7 Å². The number of benzene rings is 1. The van der Waals surface area contributed by atoms with Gasteiger partial charge in [-0.15, -0.1) is 0 Å². The zero-order valence-electron chi connectivity index (χ0n) is 21.5. The first-order valence-electron chi connectivity index (χ1n) is 12.8. The average Bonchev–Trinajstić information content (AvgIpc) is 2.90. The number of hydrogen-bond donors (Lipinski definition) is 3. The molecule has 0 fully saturated rings. The fourth-order valence-electron chi connectivity index (χ4n) is 4.44. The Kier molecular flexibility index (Phi) is 11.7. The van der Waals surface area contributed by atoms with Gasteiger partial charge in [-0.1, -0.05) is 23.7 Å². The number of nitrogens with zero attached hydrogens (tertiary/aromatic N) is 2. The largest absolute Gasteiger partial charge is 0.480 e. The van der Waals surface area contributed by atoms with Crippen LogP contribution in [0.3, 0.4) is 0 Å². The predicted molar refractivity (Wildman–Crippen MR) is 142 cm³/mol. The Bertz CT molecular complexity index is 1090. The first-order valence-corrected chi connectivity index (χ1v) is 13.2. The summed E-state index contributed by atoms with van der Waals surface area (Å²) < 4.78 is 33.0. The highest BCUT2D eigenvalue weighted by atomic mass is 35.5. The number of pyridine rings is 1. The Morgan fingerprint density at radius 2 is 2.08 bits per heavy atom. The van der Waals surface area contributed by atoms with Crippen molar-refractivity contribution in [2.75, 3.05) is 45.2 Å². The molecule has 1 aromatic heterocycles. The van der Waals surface area contributed by atoms with E-state index in [1.165, 1.54) is 24.8 Å². The number of halogens is 3. The molecule has 3 N–H and O–H groups in total. The molecule has 1 amide bonds. The quantitative estimate of drug-likeness (QED) is 0.286. The number of aromatic nitrogens is 1. The van der Waals surface area contributed by atoms with Crippen LogP contribution >= 0.6 is 11.6 Å². The third-order valence-electron chi connectivity index (χ3n) is 6.45. The van der Waals surface area contributed by atoms with E-state index in [0.717, 1.165) is 56.2 Å². The maximum atomic E-state index is 14.4. The number of carboxylic acid groups (broad SMARTS) is 1. The van der Waals surface area contributed by atoms with Crippen molar-refractivity contribution < 1.29 is 28.2 Å². The maximum absolute atomic E-state index is 14.4. The topological polar surface area (TPSA) is 104 Å². The maximum Gasteiger partial charge on any atom is 0.326 e.